The summed E-state index contributed by atoms with van der Waals surface area (Å²) in [5.41, 5.74) is 1.79. The minimum atomic E-state index is -0.597. The van der Waals surface area contributed by atoms with Crippen LogP contribution in [0.3, 0.4) is 0 Å². The number of hydrogen-bond acceptors (Lipinski definition) is 4. The number of ether oxygens (including phenoxy) is 2. The van der Waals surface area contributed by atoms with Gasteiger partial charge in [0, 0.05) is 41.5 Å². The second kappa shape index (κ2) is 9.28. The van der Waals surface area contributed by atoms with Gasteiger partial charge in [0.05, 0.1) is 20.8 Å². The summed E-state index contributed by atoms with van der Waals surface area (Å²) in [6.07, 6.45) is 7.57. The van der Waals surface area contributed by atoms with Gasteiger partial charge in [-0.3, -0.25) is 4.79 Å². The number of carbonyl (C=O) groups excluding carboxylic acids is 1. The third-order valence-electron chi connectivity index (χ3n) is 7.51. The zero-order valence-electron chi connectivity index (χ0n) is 19.6. The molecule has 1 saturated carbocycles. The SMILES string of the molecule is COc1ccc(C(=O)N2C/C(=C/c3ccc(F)cc3F)N3[C@@H](C[C@@H]4CCCC[C@@H]43)C2)cc1OC. The van der Waals surface area contributed by atoms with Crippen molar-refractivity contribution in [3.05, 3.63) is 64.9 Å². The average molecular weight is 469 g/mol. The highest BCUT2D eigenvalue weighted by molar-refractivity contribution is 5.95. The number of carbonyl (C=O) groups is 1. The van der Waals surface area contributed by atoms with Crippen LogP contribution in [0.1, 0.15) is 48.0 Å². The van der Waals surface area contributed by atoms with Crippen LogP contribution in [0.25, 0.3) is 6.08 Å². The Hall–Kier alpha value is -3.09. The van der Waals surface area contributed by atoms with Crippen molar-refractivity contribution in [2.75, 3.05) is 27.3 Å². The fraction of sp³-hybridized carbons (Fsp3) is 0.444. The number of halogens is 2. The number of hydrogen-bond donors (Lipinski definition) is 0. The highest BCUT2D eigenvalue weighted by atomic mass is 19.1. The first-order valence-electron chi connectivity index (χ1n) is 11.9. The third-order valence-corrected chi connectivity index (χ3v) is 7.51. The molecule has 5 rings (SSSR count). The summed E-state index contributed by atoms with van der Waals surface area (Å²) in [6, 6.07) is 9.45. The van der Waals surface area contributed by atoms with E-state index in [9.17, 15) is 13.6 Å². The van der Waals surface area contributed by atoms with Crippen LogP contribution in [0, 0.1) is 17.6 Å². The van der Waals surface area contributed by atoms with E-state index < -0.39 is 11.6 Å². The molecule has 5 nitrogen and oxygen atoms in total. The smallest absolute Gasteiger partial charge is 0.254 e. The molecule has 1 aliphatic carbocycles. The van der Waals surface area contributed by atoms with Crippen LogP contribution in [-0.2, 0) is 0 Å². The van der Waals surface area contributed by atoms with Crippen molar-refractivity contribution in [1.29, 1.82) is 0 Å². The molecule has 0 N–H and O–H groups in total. The number of amides is 1. The van der Waals surface area contributed by atoms with Crippen molar-refractivity contribution in [2.45, 2.75) is 44.2 Å². The summed E-state index contributed by atoms with van der Waals surface area (Å²) in [5, 5.41) is 0. The maximum Gasteiger partial charge on any atom is 0.254 e. The van der Waals surface area contributed by atoms with Crippen molar-refractivity contribution in [3.63, 3.8) is 0 Å². The van der Waals surface area contributed by atoms with Crippen molar-refractivity contribution >= 4 is 12.0 Å². The Kier molecular flexibility index (Phi) is 6.19. The Morgan fingerprint density at radius 2 is 1.82 bits per heavy atom. The second-order valence-electron chi connectivity index (χ2n) is 9.47. The van der Waals surface area contributed by atoms with Crippen LogP contribution in [-0.4, -0.2) is 55.1 Å². The number of fused-ring (bicyclic) bond motifs is 3. The lowest BCUT2D eigenvalue weighted by atomic mass is 9.85. The van der Waals surface area contributed by atoms with E-state index in [-0.39, 0.29) is 11.9 Å². The van der Waals surface area contributed by atoms with Gasteiger partial charge < -0.3 is 19.3 Å². The highest BCUT2D eigenvalue weighted by Crippen LogP contribution is 2.44. The zero-order valence-corrected chi connectivity index (χ0v) is 19.6. The van der Waals surface area contributed by atoms with Crippen molar-refractivity contribution in [1.82, 2.24) is 9.80 Å². The van der Waals surface area contributed by atoms with Gasteiger partial charge in [0.2, 0.25) is 0 Å². The van der Waals surface area contributed by atoms with Crippen molar-refractivity contribution in [2.24, 2.45) is 5.92 Å². The van der Waals surface area contributed by atoms with Crippen LogP contribution in [0.5, 0.6) is 11.5 Å². The minimum absolute atomic E-state index is 0.0963. The summed E-state index contributed by atoms with van der Waals surface area (Å²) in [5.74, 6) is 0.378. The molecule has 1 amide bonds. The molecule has 180 valence electrons. The Morgan fingerprint density at radius 1 is 1.03 bits per heavy atom. The molecule has 3 fully saturated rings. The van der Waals surface area contributed by atoms with E-state index in [1.54, 1.807) is 38.5 Å². The van der Waals surface area contributed by atoms with Crippen LogP contribution in [0.2, 0.25) is 0 Å². The van der Waals surface area contributed by atoms with E-state index in [0.29, 0.717) is 47.7 Å². The molecule has 2 heterocycles. The summed E-state index contributed by atoms with van der Waals surface area (Å²) < 4.78 is 38.7. The molecule has 2 aromatic carbocycles. The normalized spacial score (nSPS) is 25.2. The summed E-state index contributed by atoms with van der Waals surface area (Å²) in [4.78, 5) is 17.8. The number of nitrogens with zero attached hydrogens (tertiary/aromatic N) is 2. The molecule has 3 atom stereocenters. The van der Waals surface area contributed by atoms with Crippen LogP contribution in [0.4, 0.5) is 8.78 Å². The molecule has 3 aliphatic rings. The lowest BCUT2D eigenvalue weighted by Gasteiger charge is -2.44. The van der Waals surface area contributed by atoms with Crippen LogP contribution in [0.15, 0.2) is 42.1 Å². The molecule has 2 saturated heterocycles. The minimum Gasteiger partial charge on any atom is -0.493 e. The molecule has 0 bridgehead atoms. The fourth-order valence-electron chi connectivity index (χ4n) is 5.99. The van der Waals surface area contributed by atoms with E-state index in [1.807, 2.05) is 4.90 Å². The quantitative estimate of drug-likeness (QED) is 0.625. The molecule has 7 heteroatoms. The summed E-state index contributed by atoms with van der Waals surface area (Å²) in [6.45, 7) is 1.01. The van der Waals surface area contributed by atoms with Crippen LogP contribution < -0.4 is 9.47 Å². The summed E-state index contributed by atoms with van der Waals surface area (Å²) >= 11 is 0. The lowest BCUT2D eigenvalue weighted by molar-refractivity contribution is 0.0609. The molecule has 2 aliphatic heterocycles. The molecule has 34 heavy (non-hydrogen) atoms. The first kappa shape index (κ1) is 22.7. The van der Waals surface area contributed by atoms with Crippen molar-refractivity contribution in [3.8, 4) is 11.5 Å². The predicted octanol–water partition coefficient (Wildman–Crippen LogP) is 5.11. The van der Waals surface area contributed by atoms with Gasteiger partial charge in [-0.1, -0.05) is 12.8 Å². The third kappa shape index (κ3) is 4.12. The van der Waals surface area contributed by atoms with Gasteiger partial charge in [-0.25, -0.2) is 8.78 Å². The second-order valence-corrected chi connectivity index (χ2v) is 9.47. The maximum absolute atomic E-state index is 14.5. The number of methoxy groups -OCH3 is 2. The number of benzene rings is 2. The topological polar surface area (TPSA) is 42.0 Å². The van der Waals surface area contributed by atoms with E-state index in [4.69, 9.17) is 9.47 Å². The fourth-order valence-corrected chi connectivity index (χ4v) is 5.99. The standard InChI is InChI=1S/C27H30F2N2O3/c1-33-25-10-8-19(13-26(25)34-2)27(32)30-15-21(11-17-7-9-20(28)14-23(17)29)31-22(16-30)12-18-5-3-4-6-24(18)31/h7-11,13-14,18,22,24H,3-6,12,15-16H2,1-2H3/b21-11-/t18-,22-,24-/m0/s1. The monoisotopic (exact) mass is 468 g/mol. The Bertz CT molecular complexity index is 1120. The molecule has 0 aromatic heterocycles. The Morgan fingerprint density at radius 3 is 2.59 bits per heavy atom. The Labute approximate surface area is 198 Å². The molecule has 0 unspecified atom stereocenters. The molecular formula is C27H30F2N2O3. The molecule has 2 aromatic rings. The van der Waals surface area contributed by atoms with E-state index in [2.05, 4.69) is 4.90 Å². The first-order chi connectivity index (χ1) is 16.5. The van der Waals surface area contributed by atoms with E-state index in [1.165, 1.54) is 31.4 Å². The van der Waals surface area contributed by atoms with Gasteiger partial charge in [-0.2, -0.15) is 0 Å². The largest absolute Gasteiger partial charge is 0.493 e. The zero-order chi connectivity index (χ0) is 23.8. The van der Waals surface area contributed by atoms with Gasteiger partial charge in [0.1, 0.15) is 11.6 Å². The van der Waals surface area contributed by atoms with Crippen LogP contribution >= 0.6 is 0 Å². The van der Waals surface area contributed by atoms with Gasteiger partial charge in [-0.05, 0) is 61.6 Å². The average Bonchev–Trinajstić information content (AvgIpc) is 3.23. The number of rotatable bonds is 4. The van der Waals surface area contributed by atoms with Crippen molar-refractivity contribution < 1.29 is 23.0 Å². The molecule has 0 radical (unpaired) electrons. The maximum atomic E-state index is 14.5. The van der Waals surface area contributed by atoms with Gasteiger partial charge in [0.15, 0.2) is 11.5 Å². The van der Waals surface area contributed by atoms with Gasteiger partial charge in [0.25, 0.3) is 5.91 Å². The first-order valence-corrected chi connectivity index (χ1v) is 11.9. The predicted molar refractivity (Wildman–Crippen MR) is 126 cm³/mol. The van der Waals surface area contributed by atoms with Gasteiger partial charge in [-0.15, -0.1) is 0 Å². The molecular weight excluding hydrogens is 438 g/mol. The van der Waals surface area contributed by atoms with E-state index >= 15 is 0 Å². The number of piperazine rings is 1. The van der Waals surface area contributed by atoms with Gasteiger partial charge >= 0.3 is 0 Å². The Balaban J connectivity index is 1.49. The van der Waals surface area contributed by atoms with E-state index in [0.717, 1.165) is 24.6 Å². The lowest BCUT2D eigenvalue weighted by Crippen LogP contribution is -2.53. The highest BCUT2D eigenvalue weighted by Gasteiger charge is 2.46. The summed E-state index contributed by atoms with van der Waals surface area (Å²) in [7, 11) is 3.10. The molecule has 0 spiro atoms.